The van der Waals surface area contributed by atoms with Crippen LogP contribution in [0.5, 0.6) is 5.75 Å². The second-order valence-electron chi connectivity index (χ2n) is 3.71. The summed E-state index contributed by atoms with van der Waals surface area (Å²) in [6.07, 6.45) is 5.05. The third-order valence-electron chi connectivity index (χ3n) is 2.21. The number of aliphatic carboxylic acids is 1. The number of terminal acetylenes is 1. The summed E-state index contributed by atoms with van der Waals surface area (Å²) in [4.78, 5) is 23.3. The molecule has 5 nitrogen and oxygen atoms in total. The Morgan fingerprint density at radius 3 is 2.75 bits per heavy atom. The molecule has 0 fully saturated rings. The van der Waals surface area contributed by atoms with E-state index in [9.17, 15) is 14.0 Å². The molecule has 0 saturated heterocycles. The highest BCUT2D eigenvalue weighted by molar-refractivity contribution is 6.32. The van der Waals surface area contributed by atoms with Gasteiger partial charge < -0.3 is 14.7 Å². The number of hydrogen-bond donors (Lipinski definition) is 1. The van der Waals surface area contributed by atoms with Gasteiger partial charge in [-0.25, -0.2) is 4.39 Å². The van der Waals surface area contributed by atoms with Gasteiger partial charge in [0.05, 0.1) is 11.6 Å². The van der Waals surface area contributed by atoms with E-state index in [4.69, 9.17) is 27.9 Å². The van der Waals surface area contributed by atoms with Crippen LogP contribution in [-0.4, -0.2) is 41.6 Å². The molecule has 1 N–H and O–H groups in total. The summed E-state index contributed by atoms with van der Waals surface area (Å²) in [5, 5.41) is 8.67. The van der Waals surface area contributed by atoms with E-state index in [1.54, 1.807) is 0 Å². The fourth-order valence-corrected chi connectivity index (χ4v) is 1.55. The Hall–Kier alpha value is -2.26. The summed E-state index contributed by atoms with van der Waals surface area (Å²) in [7, 11) is 0. The summed E-state index contributed by atoms with van der Waals surface area (Å²) >= 11 is 5.72. The van der Waals surface area contributed by atoms with Crippen molar-refractivity contribution < 1.29 is 23.8 Å². The van der Waals surface area contributed by atoms with Gasteiger partial charge in [0.15, 0.2) is 6.61 Å². The van der Waals surface area contributed by atoms with Gasteiger partial charge in [0.25, 0.3) is 5.91 Å². The summed E-state index contributed by atoms with van der Waals surface area (Å²) < 4.78 is 17.9. The maximum Gasteiger partial charge on any atom is 0.323 e. The molecular weight excluding hydrogens is 289 g/mol. The van der Waals surface area contributed by atoms with Crippen molar-refractivity contribution in [1.29, 1.82) is 0 Å². The van der Waals surface area contributed by atoms with Crippen molar-refractivity contribution in [3.8, 4) is 18.1 Å². The maximum absolute atomic E-state index is 12.8. The van der Waals surface area contributed by atoms with Crippen LogP contribution in [0.3, 0.4) is 0 Å². The van der Waals surface area contributed by atoms with Gasteiger partial charge in [0, 0.05) is 0 Å². The molecule has 0 atom stereocenters. The number of benzene rings is 1. The molecule has 1 amide bonds. The first-order valence-electron chi connectivity index (χ1n) is 5.45. The number of ether oxygens (including phenoxy) is 1. The minimum atomic E-state index is -1.19. The number of nitrogens with zero attached hydrogens (tertiary/aromatic N) is 1. The third kappa shape index (κ3) is 4.78. The molecule has 0 aliphatic rings. The van der Waals surface area contributed by atoms with Crippen LogP contribution < -0.4 is 4.74 Å². The van der Waals surface area contributed by atoms with Crippen LogP contribution in [0.1, 0.15) is 0 Å². The zero-order valence-electron chi connectivity index (χ0n) is 10.3. The molecule has 1 aromatic carbocycles. The fourth-order valence-electron chi connectivity index (χ4n) is 1.33. The monoisotopic (exact) mass is 299 g/mol. The Balaban J connectivity index is 2.64. The number of carbonyl (C=O) groups excluding carboxylic acids is 1. The van der Waals surface area contributed by atoms with Crippen LogP contribution in [0, 0.1) is 18.2 Å². The topological polar surface area (TPSA) is 66.8 Å². The zero-order valence-corrected chi connectivity index (χ0v) is 11.1. The van der Waals surface area contributed by atoms with E-state index < -0.39 is 30.8 Å². The first-order chi connectivity index (χ1) is 9.43. The van der Waals surface area contributed by atoms with Crippen molar-refractivity contribution >= 4 is 23.5 Å². The molecule has 20 heavy (non-hydrogen) atoms. The molecule has 0 radical (unpaired) electrons. The van der Waals surface area contributed by atoms with Crippen molar-refractivity contribution in [3.05, 3.63) is 29.0 Å². The lowest BCUT2D eigenvalue weighted by atomic mass is 10.3. The lowest BCUT2D eigenvalue weighted by Crippen LogP contribution is -2.39. The molecule has 0 aliphatic heterocycles. The molecule has 0 saturated carbocycles. The minimum absolute atomic E-state index is 0.0135. The first kappa shape index (κ1) is 15.8. The van der Waals surface area contributed by atoms with Gasteiger partial charge in [-0.3, -0.25) is 9.59 Å². The van der Waals surface area contributed by atoms with Crippen LogP contribution in [0.25, 0.3) is 0 Å². The van der Waals surface area contributed by atoms with Gasteiger partial charge in [-0.2, -0.15) is 0 Å². The molecule has 7 heteroatoms. The molecule has 1 aromatic rings. The van der Waals surface area contributed by atoms with Gasteiger partial charge in [-0.05, 0) is 18.2 Å². The normalized spacial score (nSPS) is 9.65. The summed E-state index contributed by atoms with van der Waals surface area (Å²) in [5.74, 6) is -0.0220. The Bertz CT molecular complexity index is 556. The standard InChI is InChI=1S/C13H11ClFNO4/c1-2-5-16(7-13(18)19)12(17)8-20-11-4-3-9(15)6-10(11)14/h1,3-4,6H,5,7-8H2,(H,18,19). The number of hydrogen-bond acceptors (Lipinski definition) is 3. The largest absolute Gasteiger partial charge is 0.482 e. The minimum Gasteiger partial charge on any atom is -0.482 e. The maximum atomic E-state index is 12.8. The lowest BCUT2D eigenvalue weighted by molar-refractivity contribution is -0.144. The van der Waals surface area contributed by atoms with Crippen LogP contribution in [0.2, 0.25) is 5.02 Å². The lowest BCUT2D eigenvalue weighted by Gasteiger charge is -2.18. The van der Waals surface area contributed by atoms with E-state index in [2.05, 4.69) is 5.92 Å². The highest BCUT2D eigenvalue weighted by atomic mass is 35.5. The summed E-state index contributed by atoms with van der Waals surface area (Å²) in [5.41, 5.74) is 0. The second-order valence-corrected chi connectivity index (χ2v) is 4.12. The highest BCUT2D eigenvalue weighted by Gasteiger charge is 2.17. The number of rotatable bonds is 6. The molecular formula is C13H11ClFNO4. The number of carboxylic acid groups (broad SMARTS) is 1. The quantitative estimate of drug-likeness (QED) is 0.807. The van der Waals surface area contributed by atoms with Crippen molar-refractivity contribution in [2.24, 2.45) is 0 Å². The van der Waals surface area contributed by atoms with Crippen LogP contribution in [-0.2, 0) is 9.59 Å². The zero-order chi connectivity index (χ0) is 15.1. The van der Waals surface area contributed by atoms with Gasteiger partial charge in [-0.1, -0.05) is 17.5 Å². The number of carboxylic acids is 1. The van der Waals surface area contributed by atoms with E-state index in [-0.39, 0.29) is 17.3 Å². The molecule has 1 rings (SSSR count). The van der Waals surface area contributed by atoms with Crippen LogP contribution in [0.4, 0.5) is 4.39 Å². The smallest absolute Gasteiger partial charge is 0.323 e. The highest BCUT2D eigenvalue weighted by Crippen LogP contribution is 2.24. The number of amides is 1. The van der Waals surface area contributed by atoms with E-state index in [0.717, 1.165) is 17.0 Å². The van der Waals surface area contributed by atoms with E-state index in [1.165, 1.54) is 6.07 Å². The van der Waals surface area contributed by atoms with Crippen LogP contribution >= 0.6 is 11.6 Å². The predicted molar refractivity (Wildman–Crippen MR) is 70.0 cm³/mol. The number of carbonyl (C=O) groups is 2. The Morgan fingerprint density at radius 1 is 1.50 bits per heavy atom. The van der Waals surface area contributed by atoms with Crippen molar-refractivity contribution in [2.45, 2.75) is 0 Å². The molecule has 0 unspecified atom stereocenters. The summed E-state index contributed by atoms with van der Waals surface area (Å²) in [6, 6.07) is 3.44. The molecule has 106 valence electrons. The van der Waals surface area contributed by atoms with Gasteiger partial charge in [-0.15, -0.1) is 6.42 Å². The molecule has 0 heterocycles. The van der Waals surface area contributed by atoms with E-state index >= 15 is 0 Å². The van der Waals surface area contributed by atoms with E-state index in [1.807, 2.05) is 0 Å². The molecule has 0 bridgehead atoms. The first-order valence-corrected chi connectivity index (χ1v) is 5.82. The second kappa shape index (κ2) is 7.36. The third-order valence-corrected chi connectivity index (χ3v) is 2.50. The molecule has 0 aromatic heterocycles. The van der Waals surface area contributed by atoms with Crippen molar-refractivity contribution in [3.63, 3.8) is 0 Å². The van der Waals surface area contributed by atoms with Crippen molar-refractivity contribution in [1.82, 2.24) is 4.90 Å². The SMILES string of the molecule is C#CCN(CC(=O)O)C(=O)COc1ccc(F)cc1Cl. The van der Waals surface area contributed by atoms with Gasteiger partial charge in [0.2, 0.25) is 0 Å². The molecule has 0 spiro atoms. The van der Waals surface area contributed by atoms with Gasteiger partial charge in [0.1, 0.15) is 18.1 Å². The Labute approximate surface area is 119 Å². The van der Waals surface area contributed by atoms with Gasteiger partial charge >= 0.3 is 5.97 Å². The molecule has 0 aliphatic carbocycles. The Morgan fingerprint density at radius 2 is 2.20 bits per heavy atom. The average molecular weight is 300 g/mol. The number of halogens is 2. The average Bonchev–Trinajstić information content (AvgIpc) is 2.36. The van der Waals surface area contributed by atoms with Crippen molar-refractivity contribution in [2.75, 3.05) is 19.7 Å². The predicted octanol–water partition coefficient (Wildman–Crippen LogP) is 1.40. The fraction of sp³-hybridized carbons (Fsp3) is 0.231. The van der Waals surface area contributed by atoms with E-state index in [0.29, 0.717) is 0 Å². The Kier molecular flexibility index (Phi) is 5.81. The summed E-state index contributed by atoms with van der Waals surface area (Å²) in [6.45, 7) is -1.12. The van der Waals surface area contributed by atoms with Crippen LogP contribution in [0.15, 0.2) is 18.2 Å².